The van der Waals surface area contributed by atoms with Crippen LogP contribution in [0.25, 0.3) is 0 Å². The van der Waals surface area contributed by atoms with Gasteiger partial charge in [0.2, 0.25) is 5.91 Å². The first kappa shape index (κ1) is 21.7. The summed E-state index contributed by atoms with van der Waals surface area (Å²) in [5.74, 6) is 0.744. The van der Waals surface area contributed by atoms with Gasteiger partial charge in [-0.1, -0.05) is 30.3 Å². The summed E-state index contributed by atoms with van der Waals surface area (Å²) >= 11 is 0. The molecule has 6 heteroatoms. The van der Waals surface area contributed by atoms with Gasteiger partial charge in [-0.05, 0) is 43.7 Å². The minimum absolute atomic E-state index is 0.0877. The van der Waals surface area contributed by atoms with Gasteiger partial charge in [0.15, 0.2) is 11.5 Å². The van der Waals surface area contributed by atoms with E-state index in [9.17, 15) is 9.59 Å². The molecule has 3 rings (SSSR count). The number of carbonyl (C=O) groups is 2. The summed E-state index contributed by atoms with van der Waals surface area (Å²) in [5.41, 5.74) is 2.11. The maximum Gasteiger partial charge on any atom is 0.256 e. The van der Waals surface area contributed by atoms with Crippen molar-refractivity contribution in [3.05, 3.63) is 53.6 Å². The molecule has 0 bridgehead atoms. The molecule has 1 aliphatic rings. The summed E-state index contributed by atoms with van der Waals surface area (Å²) in [6, 6.07) is 13.4. The molecule has 1 heterocycles. The number of carbonyl (C=O) groups excluding carboxylic acids is 2. The SMILES string of the molecule is COc1cc(NC(=O)CCCc2ccccc2)c(C(=O)N2CCCCC2)cc1OC. The zero-order valence-electron chi connectivity index (χ0n) is 17.8. The van der Waals surface area contributed by atoms with Crippen LogP contribution in [0.15, 0.2) is 42.5 Å². The second kappa shape index (κ2) is 10.7. The summed E-state index contributed by atoms with van der Waals surface area (Å²) in [6.45, 7) is 1.47. The van der Waals surface area contributed by atoms with Crippen molar-refractivity contribution in [1.29, 1.82) is 0 Å². The summed E-state index contributed by atoms with van der Waals surface area (Å²) in [4.78, 5) is 27.6. The molecule has 0 saturated carbocycles. The van der Waals surface area contributed by atoms with Gasteiger partial charge in [-0.15, -0.1) is 0 Å². The monoisotopic (exact) mass is 410 g/mol. The molecular weight excluding hydrogens is 380 g/mol. The Kier molecular flexibility index (Phi) is 7.71. The fourth-order valence-electron chi connectivity index (χ4n) is 3.74. The van der Waals surface area contributed by atoms with Crippen LogP contribution in [0.5, 0.6) is 11.5 Å². The molecular formula is C24H30N2O4. The number of methoxy groups -OCH3 is 2. The van der Waals surface area contributed by atoms with Crippen molar-refractivity contribution in [3.63, 3.8) is 0 Å². The molecule has 1 N–H and O–H groups in total. The highest BCUT2D eigenvalue weighted by molar-refractivity contribution is 6.04. The fraction of sp³-hybridized carbons (Fsp3) is 0.417. The summed E-state index contributed by atoms with van der Waals surface area (Å²) in [6.07, 6.45) is 5.08. The number of piperidine rings is 1. The topological polar surface area (TPSA) is 67.9 Å². The van der Waals surface area contributed by atoms with Gasteiger partial charge in [0.1, 0.15) is 0 Å². The third-order valence-electron chi connectivity index (χ3n) is 5.38. The smallest absolute Gasteiger partial charge is 0.256 e. The Labute approximate surface area is 178 Å². The van der Waals surface area contributed by atoms with Gasteiger partial charge in [-0.2, -0.15) is 0 Å². The molecule has 1 fully saturated rings. The molecule has 1 saturated heterocycles. The Morgan fingerprint density at radius 1 is 0.967 bits per heavy atom. The molecule has 0 spiro atoms. The van der Waals surface area contributed by atoms with E-state index >= 15 is 0 Å². The molecule has 2 amide bonds. The summed E-state index contributed by atoms with van der Waals surface area (Å²) in [5, 5.41) is 2.92. The number of likely N-dealkylation sites (tertiary alicyclic amines) is 1. The molecule has 0 unspecified atom stereocenters. The van der Waals surface area contributed by atoms with E-state index in [0.29, 0.717) is 29.2 Å². The van der Waals surface area contributed by atoms with Crippen LogP contribution in [0, 0.1) is 0 Å². The predicted molar refractivity (Wildman–Crippen MR) is 117 cm³/mol. The average molecular weight is 411 g/mol. The minimum atomic E-state index is -0.120. The quantitative estimate of drug-likeness (QED) is 0.705. The van der Waals surface area contributed by atoms with Crippen molar-refractivity contribution in [2.45, 2.75) is 38.5 Å². The highest BCUT2D eigenvalue weighted by Gasteiger charge is 2.24. The van der Waals surface area contributed by atoms with Crippen molar-refractivity contribution in [2.75, 3.05) is 32.6 Å². The number of ether oxygens (including phenoxy) is 2. The Morgan fingerprint density at radius 2 is 1.63 bits per heavy atom. The second-order valence-electron chi connectivity index (χ2n) is 7.49. The van der Waals surface area contributed by atoms with E-state index in [0.717, 1.165) is 45.2 Å². The largest absolute Gasteiger partial charge is 0.493 e. The van der Waals surface area contributed by atoms with Crippen molar-refractivity contribution in [3.8, 4) is 11.5 Å². The molecule has 2 aromatic rings. The standard InChI is InChI=1S/C24H30N2O4/c1-29-21-16-19(24(28)26-14-7-4-8-15-26)20(17-22(21)30-2)25-23(27)13-9-12-18-10-5-3-6-11-18/h3,5-6,10-11,16-17H,4,7-9,12-15H2,1-2H3,(H,25,27). The van der Waals surface area contributed by atoms with E-state index in [1.807, 2.05) is 23.1 Å². The molecule has 0 radical (unpaired) electrons. The van der Waals surface area contributed by atoms with Crippen molar-refractivity contribution in [1.82, 2.24) is 4.90 Å². The normalized spacial score (nSPS) is 13.6. The maximum atomic E-state index is 13.1. The zero-order chi connectivity index (χ0) is 21.3. The fourth-order valence-corrected chi connectivity index (χ4v) is 3.74. The number of amides is 2. The molecule has 1 aliphatic heterocycles. The number of aryl methyl sites for hydroxylation is 1. The van der Waals surface area contributed by atoms with Crippen LogP contribution >= 0.6 is 0 Å². The average Bonchev–Trinajstić information content (AvgIpc) is 2.79. The Bertz CT molecular complexity index is 861. The Hall–Kier alpha value is -3.02. The van der Waals surface area contributed by atoms with E-state index in [1.165, 1.54) is 19.8 Å². The molecule has 0 atom stereocenters. The minimum Gasteiger partial charge on any atom is -0.493 e. The van der Waals surface area contributed by atoms with Crippen LogP contribution in [-0.4, -0.2) is 44.0 Å². The number of anilines is 1. The lowest BCUT2D eigenvalue weighted by Gasteiger charge is -2.28. The second-order valence-corrected chi connectivity index (χ2v) is 7.49. The van der Waals surface area contributed by atoms with Crippen molar-refractivity contribution >= 4 is 17.5 Å². The number of hydrogen-bond acceptors (Lipinski definition) is 4. The van der Waals surface area contributed by atoms with E-state index in [2.05, 4.69) is 17.4 Å². The van der Waals surface area contributed by atoms with Crippen LogP contribution in [0.2, 0.25) is 0 Å². The molecule has 160 valence electrons. The van der Waals surface area contributed by atoms with Crippen LogP contribution in [0.1, 0.15) is 48.0 Å². The van der Waals surface area contributed by atoms with Gasteiger partial charge in [0.25, 0.3) is 5.91 Å². The molecule has 2 aromatic carbocycles. The molecule has 30 heavy (non-hydrogen) atoms. The van der Waals surface area contributed by atoms with E-state index < -0.39 is 0 Å². The number of nitrogens with one attached hydrogen (secondary N) is 1. The number of rotatable bonds is 8. The van der Waals surface area contributed by atoms with Crippen LogP contribution < -0.4 is 14.8 Å². The van der Waals surface area contributed by atoms with E-state index in [4.69, 9.17) is 9.47 Å². The van der Waals surface area contributed by atoms with Crippen LogP contribution in [0.4, 0.5) is 5.69 Å². The van der Waals surface area contributed by atoms with Gasteiger partial charge >= 0.3 is 0 Å². The van der Waals surface area contributed by atoms with Crippen LogP contribution in [-0.2, 0) is 11.2 Å². The first-order valence-corrected chi connectivity index (χ1v) is 10.5. The maximum absolute atomic E-state index is 13.1. The first-order chi connectivity index (χ1) is 14.6. The highest BCUT2D eigenvalue weighted by atomic mass is 16.5. The van der Waals surface area contributed by atoms with Gasteiger partial charge < -0.3 is 19.7 Å². The Balaban J connectivity index is 1.73. The van der Waals surface area contributed by atoms with Gasteiger partial charge in [0, 0.05) is 25.6 Å². The van der Waals surface area contributed by atoms with Gasteiger partial charge in [-0.3, -0.25) is 9.59 Å². The Morgan fingerprint density at radius 3 is 2.30 bits per heavy atom. The van der Waals surface area contributed by atoms with Crippen LogP contribution in [0.3, 0.4) is 0 Å². The number of nitrogens with zero attached hydrogens (tertiary/aromatic N) is 1. The summed E-state index contributed by atoms with van der Waals surface area (Å²) in [7, 11) is 3.07. The lowest BCUT2D eigenvalue weighted by Crippen LogP contribution is -2.36. The lowest BCUT2D eigenvalue weighted by molar-refractivity contribution is -0.116. The van der Waals surface area contributed by atoms with Crippen molar-refractivity contribution < 1.29 is 19.1 Å². The van der Waals surface area contributed by atoms with E-state index in [-0.39, 0.29) is 11.8 Å². The molecule has 0 aromatic heterocycles. The van der Waals surface area contributed by atoms with Crippen molar-refractivity contribution in [2.24, 2.45) is 0 Å². The van der Waals surface area contributed by atoms with E-state index in [1.54, 1.807) is 12.1 Å². The van der Waals surface area contributed by atoms with Gasteiger partial charge in [-0.25, -0.2) is 0 Å². The lowest BCUT2D eigenvalue weighted by atomic mass is 10.1. The zero-order valence-corrected chi connectivity index (χ0v) is 17.8. The third-order valence-corrected chi connectivity index (χ3v) is 5.38. The van der Waals surface area contributed by atoms with Gasteiger partial charge in [0.05, 0.1) is 25.5 Å². The highest BCUT2D eigenvalue weighted by Crippen LogP contribution is 2.34. The third kappa shape index (κ3) is 5.53. The molecule has 6 nitrogen and oxygen atoms in total. The first-order valence-electron chi connectivity index (χ1n) is 10.5. The predicted octanol–water partition coefficient (Wildman–Crippen LogP) is 4.29. The molecule has 0 aliphatic carbocycles. The summed E-state index contributed by atoms with van der Waals surface area (Å²) < 4.78 is 10.8. The number of benzene rings is 2. The number of hydrogen-bond donors (Lipinski definition) is 1.